The number of fused-ring (bicyclic) bond motifs is 5. The predicted molar refractivity (Wildman–Crippen MR) is 104 cm³/mol. The molecule has 1 fully saturated rings. The summed E-state index contributed by atoms with van der Waals surface area (Å²) < 4.78 is 5.51. The van der Waals surface area contributed by atoms with Crippen LogP contribution in [0.3, 0.4) is 0 Å². The molecule has 2 aromatic rings. The number of carbonyl (C=O) groups excluding carboxylic acids is 3. The molecule has 0 radical (unpaired) electrons. The van der Waals surface area contributed by atoms with E-state index >= 15 is 0 Å². The molecule has 0 heterocycles. The molecule has 2 aromatic carbocycles. The summed E-state index contributed by atoms with van der Waals surface area (Å²) in [4.78, 5) is 37.2. The van der Waals surface area contributed by atoms with Crippen molar-refractivity contribution >= 4 is 17.5 Å². The van der Waals surface area contributed by atoms with Crippen LogP contribution in [0, 0.1) is 17.8 Å². The van der Waals surface area contributed by atoms with E-state index in [-0.39, 0.29) is 12.4 Å². The Balaban J connectivity index is 1.31. The fourth-order valence-electron chi connectivity index (χ4n) is 4.79. The number of ketones is 2. The third-order valence-corrected chi connectivity index (χ3v) is 6.22. The Bertz CT molecular complexity index is 1030. The van der Waals surface area contributed by atoms with Crippen molar-refractivity contribution in [2.24, 2.45) is 17.8 Å². The topological polar surface area (TPSA) is 60.4 Å². The van der Waals surface area contributed by atoms with Gasteiger partial charge in [-0.25, -0.2) is 0 Å². The molecule has 4 heteroatoms. The Morgan fingerprint density at radius 3 is 2.39 bits per heavy atom. The molecule has 140 valence electrons. The zero-order valence-electron chi connectivity index (χ0n) is 15.4. The molecule has 0 saturated heterocycles. The number of ether oxygens (including phenoxy) is 1. The second kappa shape index (κ2) is 6.55. The van der Waals surface area contributed by atoms with Gasteiger partial charge in [-0.3, -0.25) is 14.4 Å². The molecule has 0 spiro atoms. The van der Waals surface area contributed by atoms with E-state index in [9.17, 15) is 14.4 Å². The quantitative estimate of drug-likeness (QED) is 0.462. The van der Waals surface area contributed by atoms with Gasteiger partial charge >= 0.3 is 5.97 Å². The van der Waals surface area contributed by atoms with Gasteiger partial charge in [0.2, 0.25) is 11.6 Å². The molecule has 3 atom stereocenters. The van der Waals surface area contributed by atoms with Gasteiger partial charge in [-0.05, 0) is 53.4 Å². The van der Waals surface area contributed by atoms with E-state index in [1.54, 1.807) is 18.2 Å². The predicted octanol–water partition coefficient (Wildman–Crippen LogP) is 4.03. The van der Waals surface area contributed by atoms with Gasteiger partial charge in [-0.1, -0.05) is 48.6 Å². The highest BCUT2D eigenvalue weighted by atomic mass is 16.5. The first kappa shape index (κ1) is 17.1. The molecule has 0 aliphatic heterocycles. The molecule has 1 saturated carbocycles. The van der Waals surface area contributed by atoms with Crippen LogP contribution in [0.5, 0.6) is 0 Å². The Morgan fingerprint density at radius 2 is 1.64 bits per heavy atom. The van der Waals surface area contributed by atoms with Gasteiger partial charge in [0.15, 0.2) is 0 Å². The number of carbonyl (C=O) groups is 3. The van der Waals surface area contributed by atoms with E-state index in [1.807, 2.05) is 24.3 Å². The van der Waals surface area contributed by atoms with E-state index < -0.39 is 11.6 Å². The highest BCUT2D eigenvalue weighted by Crippen LogP contribution is 2.43. The summed E-state index contributed by atoms with van der Waals surface area (Å²) in [5, 5.41) is 0. The van der Waals surface area contributed by atoms with Crippen molar-refractivity contribution in [3.8, 4) is 11.1 Å². The summed E-state index contributed by atoms with van der Waals surface area (Å²) >= 11 is 0. The smallest absolute Gasteiger partial charge is 0.310 e. The van der Waals surface area contributed by atoms with Gasteiger partial charge in [0.1, 0.15) is 0 Å². The van der Waals surface area contributed by atoms with Crippen molar-refractivity contribution in [1.29, 1.82) is 0 Å². The fraction of sp³-hybridized carbons (Fsp3) is 0.292. The summed E-state index contributed by atoms with van der Waals surface area (Å²) in [5.41, 5.74) is 3.00. The lowest BCUT2D eigenvalue weighted by Gasteiger charge is -2.19. The van der Waals surface area contributed by atoms with Crippen molar-refractivity contribution in [3.63, 3.8) is 0 Å². The maximum Gasteiger partial charge on any atom is 0.310 e. The number of esters is 1. The lowest BCUT2D eigenvalue weighted by atomic mass is 9.83. The minimum absolute atomic E-state index is 0.104. The molecule has 3 aliphatic rings. The molecule has 2 bridgehead atoms. The monoisotopic (exact) mass is 372 g/mol. The molecular formula is C24H20O4. The first-order valence-corrected chi connectivity index (χ1v) is 9.75. The average molecular weight is 372 g/mol. The summed E-state index contributed by atoms with van der Waals surface area (Å²) in [7, 11) is 0. The first-order valence-electron chi connectivity index (χ1n) is 9.75. The lowest BCUT2D eigenvalue weighted by Crippen LogP contribution is -2.22. The van der Waals surface area contributed by atoms with Crippen molar-refractivity contribution < 1.29 is 19.1 Å². The fourth-order valence-corrected chi connectivity index (χ4v) is 4.79. The molecule has 0 N–H and O–H groups in total. The number of hydrogen-bond donors (Lipinski definition) is 0. The molecule has 0 amide bonds. The van der Waals surface area contributed by atoms with Crippen molar-refractivity contribution in [1.82, 2.24) is 0 Å². The second-order valence-corrected chi connectivity index (χ2v) is 7.98. The molecule has 3 aliphatic carbocycles. The van der Waals surface area contributed by atoms with Crippen LogP contribution in [0.25, 0.3) is 11.1 Å². The summed E-state index contributed by atoms with van der Waals surface area (Å²) in [5.74, 6) is 0.329. The molecule has 28 heavy (non-hydrogen) atoms. The van der Waals surface area contributed by atoms with Crippen LogP contribution in [0.4, 0.5) is 0 Å². The van der Waals surface area contributed by atoms with E-state index in [1.165, 1.54) is 6.42 Å². The molecule has 4 nitrogen and oxygen atoms in total. The van der Waals surface area contributed by atoms with Gasteiger partial charge in [0.05, 0.1) is 13.0 Å². The first-order chi connectivity index (χ1) is 13.6. The third kappa shape index (κ3) is 2.80. The molecule has 5 rings (SSSR count). The highest BCUT2D eigenvalue weighted by Gasteiger charge is 2.36. The minimum atomic E-state index is -0.516. The molecule has 3 unspecified atom stereocenters. The van der Waals surface area contributed by atoms with Crippen molar-refractivity contribution in [3.05, 3.63) is 71.3 Å². The van der Waals surface area contributed by atoms with Crippen LogP contribution in [0.1, 0.15) is 39.1 Å². The Hall–Kier alpha value is -3.01. The van der Waals surface area contributed by atoms with Crippen LogP contribution in [0.2, 0.25) is 0 Å². The van der Waals surface area contributed by atoms with E-state index in [2.05, 4.69) is 12.2 Å². The normalized spacial score (nSPS) is 24.2. The Kier molecular flexibility index (Phi) is 4.00. The maximum absolute atomic E-state index is 12.5. The third-order valence-electron chi connectivity index (χ3n) is 6.22. The zero-order chi connectivity index (χ0) is 19.3. The number of rotatable bonds is 4. The highest BCUT2D eigenvalue weighted by molar-refractivity contribution is 6.53. The summed E-state index contributed by atoms with van der Waals surface area (Å²) in [6.07, 6.45) is 6.91. The van der Waals surface area contributed by atoms with Crippen molar-refractivity contribution in [2.75, 3.05) is 6.61 Å². The Labute approximate surface area is 163 Å². The van der Waals surface area contributed by atoms with Crippen LogP contribution in [-0.4, -0.2) is 24.1 Å². The summed E-state index contributed by atoms with van der Waals surface area (Å²) in [6, 6.07) is 12.4. The van der Waals surface area contributed by atoms with Crippen LogP contribution in [0.15, 0.2) is 54.6 Å². The Morgan fingerprint density at radius 1 is 0.893 bits per heavy atom. The summed E-state index contributed by atoms with van der Waals surface area (Å²) in [6.45, 7) is 0.458. The lowest BCUT2D eigenvalue weighted by molar-refractivity contribution is -0.144. The molecular weight excluding hydrogens is 352 g/mol. The van der Waals surface area contributed by atoms with Crippen LogP contribution < -0.4 is 0 Å². The molecule has 0 aromatic heterocycles. The van der Waals surface area contributed by atoms with E-state index in [0.717, 1.165) is 17.5 Å². The SMILES string of the molecule is O=C(Cc1ccc2c(c1)C(=O)C(=O)c1ccccc1-2)OCC1CC2C=CC1C2. The van der Waals surface area contributed by atoms with Crippen LogP contribution >= 0.6 is 0 Å². The second-order valence-electron chi connectivity index (χ2n) is 7.98. The van der Waals surface area contributed by atoms with Gasteiger partial charge in [0, 0.05) is 11.1 Å². The minimum Gasteiger partial charge on any atom is -0.465 e. The van der Waals surface area contributed by atoms with Crippen LogP contribution in [-0.2, 0) is 16.0 Å². The number of allylic oxidation sites excluding steroid dienone is 2. The van der Waals surface area contributed by atoms with Crippen molar-refractivity contribution in [2.45, 2.75) is 19.3 Å². The standard InChI is InChI=1S/C24H20O4/c25-22(28-13-17-10-14-5-7-16(17)9-14)12-15-6-8-19-18-3-1-2-4-20(18)23(26)24(27)21(19)11-15/h1-8,11,14,16-17H,9-10,12-13H2. The van der Waals surface area contributed by atoms with E-state index in [0.29, 0.717) is 41.1 Å². The van der Waals surface area contributed by atoms with Gasteiger partial charge in [-0.15, -0.1) is 0 Å². The zero-order valence-corrected chi connectivity index (χ0v) is 15.4. The van der Waals surface area contributed by atoms with E-state index in [4.69, 9.17) is 4.74 Å². The number of hydrogen-bond acceptors (Lipinski definition) is 4. The average Bonchev–Trinajstić information content (AvgIpc) is 3.34. The van der Waals surface area contributed by atoms with Gasteiger partial charge < -0.3 is 4.74 Å². The number of Topliss-reactive ketones (excluding diaryl/α,β-unsaturated/α-hetero) is 2. The maximum atomic E-state index is 12.5. The van der Waals surface area contributed by atoms with Gasteiger partial charge in [-0.2, -0.15) is 0 Å². The number of benzene rings is 2. The van der Waals surface area contributed by atoms with Gasteiger partial charge in [0.25, 0.3) is 0 Å². The largest absolute Gasteiger partial charge is 0.465 e.